The van der Waals surface area contributed by atoms with Gasteiger partial charge in [-0.25, -0.2) is 14.2 Å². The Morgan fingerprint density at radius 1 is 1.60 bits per heavy atom. The summed E-state index contributed by atoms with van der Waals surface area (Å²) in [5, 5.41) is 0.0353. The highest BCUT2D eigenvalue weighted by Gasteiger charge is 1.95. The normalized spacial score (nSPS) is 9.80. The quantitative estimate of drug-likeness (QED) is 0.465. The lowest BCUT2D eigenvalue weighted by atomic mass is 10.9. The molecule has 6 heteroatoms. The fraction of sp³-hybridized carbons (Fsp3) is 0.250. The van der Waals surface area contributed by atoms with Gasteiger partial charge in [0.05, 0.1) is 0 Å². The van der Waals surface area contributed by atoms with E-state index < -0.39 is 11.4 Å². The summed E-state index contributed by atoms with van der Waals surface area (Å²) in [4.78, 5) is 26.9. The second-order valence-corrected chi connectivity index (χ2v) is 2.13. The Morgan fingerprint density at radius 3 is 2.70 bits per heavy atom. The minimum Gasteiger partial charge on any atom is -0.286 e. The molecule has 5 nitrogen and oxygen atoms in total. The molecule has 1 aromatic rings. The second kappa shape index (κ2) is 2.30. The Morgan fingerprint density at radius 2 is 2.20 bits per heavy atom. The molecule has 10 heavy (non-hydrogen) atoms. The first-order valence-corrected chi connectivity index (χ1v) is 2.92. The molecule has 1 heterocycles. The van der Waals surface area contributed by atoms with Crippen LogP contribution in [0.1, 0.15) is 0 Å². The summed E-state index contributed by atoms with van der Waals surface area (Å²) in [5.41, 5.74) is -1.11. The number of aromatic amines is 1. The van der Waals surface area contributed by atoms with Crippen molar-refractivity contribution in [3.05, 3.63) is 21.0 Å². The Balaban J connectivity index is 3.62. The van der Waals surface area contributed by atoms with Crippen LogP contribution in [-0.4, -0.2) is 14.5 Å². The second-order valence-electron chi connectivity index (χ2n) is 1.71. The molecule has 0 amide bonds. The number of rotatable bonds is 0. The molecule has 0 spiro atoms. The fourth-order valence-corrected chi connectivity index (χ4v) is 0.641. The summed E-state index contributed by atoms with van der Waals surface area (Å²) >= 11 is 3.69. The van der Waals surface area contributed by atoms with Gasteiger partial charge in [-0.2, -0.15) is 4.98 Å². The van der Waals surface area contributed by atoms with Gasteiger partial charge in [-0.15, -0.1) is 12.6 Å². The number of aromatic nitrogens is 3. The molecule has 0 aliphatic heterocycles. The number of thiol groups is 1. The third kappa shape index (κ3) is 1.10. The van der Waals surface area contributed by atoms with E-state index in [0.717, 1.165) is 4.57 Å². The summed E-state index contributed by atoms with van der Waals surface area (Å²) in [6, 6.07) is 0. The molecule has 0 aromatic carbocycles. The van der Waals surface area contributed by atoms with Crippen molar-refractivity contribution in [3.63, 3.8) is 0 Å². The summed E-state index contributed by atoms with van der Waals surface area (Å²) in [6.45, 7) is 0. The number of hydrogen-bond donors (Lipinski definition) is 2. The summed E-state index contributed by atoms with van der Waals surface area (Å²) in [5.74, 6) is 0. The monoisotopic (exact) mass is 159 g/mol. The predicted octanol–water partition coefficient (Wildman–Crippen LogP) is -1.24. The maximum Gasteiger partial charge on any atom is 0.353 e. The zero-order valence-electron chi connectivity index (χ0n) is 5.16. The van der Waals surface area contributed by atoms with Crippen molar-refractivity contribution in [1.29, 1.82) is 0 Å². The van der Waals surface area contributed by atoms with E-state index in [0.29, 0.717) is 0 Å². The van der Waals surface area contributed by atoms with E-state index in [4.69, 9.17) is 0 Å². The summed E-state index contributed by atoms with van der Waals surface area (Å²) in [6.07, 6.45) is 0. The van der Waals surface area contributed by atoms with Crippen molar-refractivity contribution in [3.8, 4) is 0 Å². The van der Waals surface area contributed by atoms with Gasteiger partial charge in [-0.05, 0) is 0 Å². The topological polar surface area (TPSA) is 67.8 Å². The van der Waals surface area contributed by atoms with Crippen LogP contribution in [0.15, 0.2) is 14.7 Å². The minimum atomic E-state index is -0.603. The molecule has 0 fully saturated rings. The largest absolute Gasteiger partial charge is 0.353 e. The van der Waals surface area contributed by atoms with Crippen LogP contribution in [0.4, 0.5) is 0 Å². The standard InChI is InChI=1S/C4H5N3O2S/c1-7-3(8)5-2(10)6-4(7)9/h1H3,(H2,5,6,8,9,10). The van der Waals surface area contributed by atoms with Crippen LogP contribution in [0, 0.1) is 0 Å². The van der Waals surface area contributed by atoms with Crippen LogP contribution in [-0.2, 0) is 7.05 Å². The summed E-state index contributed by atoms with van der Waals surface area (Å²) in [7, 11) is 1.33. The van der Waals surface area contributed by atoms with Crippen molar-refractivity contribution in [2.75, 3.05) is 0 Å². The van der Waals surface area contributed by atoms with Crippen LogP contribution >= 0.6 is 12.6 Å². The number of nitrogens with zero attached hydrogens (tertiary/aromatic N) is 2. The molecular formula is C4H5N3O2S. The molecule has 1 N–H and O–H groups in total. The van der Waals surface area contributed by atoms with E-state index in [1.165, 1.54) is 7.05 Å². The van der Waals surface area contributed by atoms with Gasteiger partial charge in [0.25, 0.3) is 0 Å². The molecule has 0 bridgehead atoms. The average Bonchev–Trinajstić information content (AvgIpc) is 1.82. The highest BCUT2D eigenvalue weighted by atomic mass is 32.1. The predicted molar refractivity (Wildman–Crippen MR) is 37.4 cm³/mol. The van der Waals surface area contributed by atoms with Gasteiger partial charge in [0, 0.05) is 7.05 Å². The molecule has 0 atom stereocenters. The first-order chi connectivity index (χ1) is 4.61. The van der Waals surface area contributed by atoms with Crippen molar-refractivity contribution in [2.24, 2.45) is 7.05 Å². The molecule has 0 unspecified atom stereocenters. The van der Waals surface area contributed by atoms with Crippen LogP contribution in [0.2, 0.25) is 0 Å². The Labute approximate surface area is 61.1 Å². The molecular weight excluding hydrogens is 154 g/mol. The fourth-order valence-electron chi connectivity index (χ4n) is 0.460. The number of H-pyrrole nitrogens is 1. The molecule has 0 radical (unpaired) electrons. The molecule has 1 rings (SSSR count). The molecule has 0 aliphatic rings. The lowest BCUT2D eigenvalue weighted by Gasteiger charge is -1.92. The Hall–Kier alpha value is -1.04. The highest BCUT2D eigenvalue weighted by molar-refractivity contribution is 7.80. The molecule has 1 aromatic heterocycles. The molecule has 0 aliphatic carbocycles. The van der Waals surface area contributed by atoms with E-state index in [9.17, 15) is 9.59 Å². The molecule has 54 valence electrons. The average molecular weight is 159 g/mol. The maximum absolute atomic E-state index is 10.7. The smallest absolute Gasteiger partial charge is 0.286 e. The van der Waals surface area contributed by atoms with Gasteiger partial charge in [-0.1, -0.05) is 0 Å². The minimum absolute atomic E-state index is 0.0353. The van der Waals surface area contributed by atoms with Gasteiger partial charge in [0.2, 0.25) is 0 Å². The highest BCUT2D eigenvalue weighted by Crippen LogP contribution is 1.83. The van der Waals surface area contributed by atoms with Gasteiger partial charge >= 0.3 is 11.4 Å². The first-order valence-electron chi connectivity index (χ1n) is 2.47. The van der Waals surface area contributed by atoms with Crippen molar-refractivity contribution < 1.29 is 0 Å². The van der Waals surface area contributed by atoms with Crippen LogP contribution in [0.3, 0.4) is 0 Å². The van der Waals surface area contributed by atoms with E-state index in [1.807, 2.05) is 0 Å². The third-order valence-electron chi connectivity index (χ3n) is 1.01. The lowest BCUT2D eigenvalue weighted by Crippen LogP contribution is -2.34. The SMILES string of the molecule is Cn1c(=O)nc(S)[nH]c1=O. The summed E-state index contributed by atoms with van der Waals surface area (Å²) < 4.78 is 0.861. The Kier molecular flexibility index (Phi) is 1.62. The van der Waals surface area contributed by atoms with Crippen LogP contribution in [0.25, 0.3) is 0 Å². The molecule has 0 saturated carbocycles. The third-order valence-corrected chi connectivity index (χ3v) is 1.22. The maximum atomic E-state index is 10.7. The van der Waals surface area contributed by atoms with E-state index in [-0.39, 0.29) is 5.16 Å². The van der Waals surface area contributed by atoms with Crippen molar-refractivity contribution in [2.45, 2.75) is 5.16 Å². The zero-order chi connectivity index (χ0) is 7.72. The first kappa shape index (κ1) is 7.07. The van der Waals surface area contributed by atoms with E-state index in [2.05, 4.69) is 22.6 Å². The van der Waals surface area contributed by atoms with Gasteiger partial charge < -0.3 is 0 Å². The van der Waals surface area contributed by atoms with Gasteiger partial charge in [0.1, 0.15) is 0 Å². The van der Waals surface area contributed by atoms with Gasteiger partial charge in [-0.3, -0.25) is 4.98 Å². The number of nitrogens with one attached hydrogen (secondary N) is 1. The Bertz CT molecular complexity index is 321. The molecule has 0 saturated heterocycles. The van der Waals surface area contributed by atoms with E-state index in [1.54, 1.807) is 0 Å². The lowest BCUT2D eigenvalue weighted by molar-refractivity contribution is 0.683. The van der Waals surface area contributed by atoms with E-state index >= 15 is 0 Å². The number of hydrogen-bond acceptors (Lipinski definition) is 4. The van der Waals surface area contributed by atoms with Crippen molar-refractivity contribution in [1.82, 2.24) is 14.5 Å². The van der Waals surface area contributed by atoms with Crippen LogP contribution in [0.5, 0.6) is 0 Å². The van der Waals surface area contributed by atoms with Gasteiger partial charge in [0.15, 0.2) is 5.16 Å². The van der Waals surface area contributed by atoms with Crippen molar-refractivity contribution >= 4 is 12.6 Å². The van der Waals surface area contributed by atoms with Crippen LogP contribution < -0.4 is 11.4 Å². The zero-order valence-corrected chi connectivity index (χ0v) is 6.05.